The zero-order chi connectivity index (χ0) is 14.7. The van der Waals surface area contributed by atoms with Gasteiger partial charge in [0.2, 0.25) is 0 Å². The Kier molecular flexibility index (Phi) is 5.22. The summed E-state index contributed by atoms with van der Waals surface area (Å²) in [7, 11) is 2.06. The number of imidazole rings is 1. The number of hydrogen-bond acceptors (Lipinski definition) is 3. The smallest absolute Gasteiger partial charge is 0.0951 e. The van der Waals surface area contributed by atoms with E-state index in [1.807, 2.05) is 6.33 Å². The average Bonchev–Trinajstić information content (AvgIpc) is 2.87. The maximum atomic E-state index is 4.42. The van der Waals surface area contributed by atoms with Gasteiger partial charge in [0.05, 0.1) is 18.1 Å². The van der Waals surface area contributed by atoms with Crippen LogP contribution in [0.3, 0.4) is 0 Å². The van der Waals surface area contributed by atoms with Crippen LogP contribution in [0.1, 0.15) is 58.3 Å². The van der Waals surface area contributed by atoms with E-state index in [4.69, 9.17) is 0 Å². The third-order valence-corrected chi connectivity index (χ3v) is 4.48. The van der Waals surface area contributed by atoms with Gasteiger partial charge in [0.15, 0.2) is 0 Å². The van der Waals surface area contributed by atoms with Crippen molar-refractivity contribution in [3.05, 3.63) is 18.2 Å². The molecule has 0 saturated carbocycles. The van der Waals surface area contributed by atoms with E-state index in [0.29, 0.717) is 24.0 Å². The number of nitrogens with one attached hydrogen (secondary N) is 1. The van der Waals surface area contributed by atoms with E-state index < -0.39 is 0 Å². The van der Waals surface area contributed by atoms with Crippen molar-refractivity contribution in [3.63, 3.8) is 0 Å². The quantitative estimate of drug-likeness (QED) is 0.899. The summed E-state index contributed by atoms with van der Waals surface area (Å²) in [4.78, 5) is 7.08. The number of piperidine rings is 1. The maximum Gasteiger partial charge on any atom is 0.0951 e. The van der Waals surface area contributed by atoms with Gasteiger partial charge in [-0.25, -0.2) is 4.98 Å². The molecular weight excluding hydrogens is 248 g/mol. The van der Waals surface area contributed by atoms with Crippen LogP contribution in [0.15, 0.2) is 12.5 Å². The Bertz CT molecular complexity index is 408. The largest absolute Gasteiger partial charge is 0.331 e. The summed E-state index contributed by atoms with van der Waals surface area (Å²) in [5.41, 5.74) is 1.38. The lowest BCUT2D eigenvalue weighted by molar-refractivity contribution is 0.0580. The first-order chi connectivity index (χ1) is 9.56. The van der Waals surface area contributed by atoms with Gasteiger partial charge in [0.25, 0.3) is 0 Å². The summed E-state index contributed by atoms with van der Waals surface area (Å²) in [6, 6.07) is 1.54. The standard InChI is InChI=1S/C16H30N4/c1-12(2)19-8-6-7-14(9-17-5)16(19)15-10-18-11-20(15)13(3)4/h10-14,16-17H,6-9H2,1-5H3. The van der Waals surface area contributed by atoms with Crippen LogP contribution >= 0.6 is 0 Å². The number of nitrogens with zero attached hydrogens (tertiary/aromatic N) is 3. The van der Waals surface area contributed by atoms with Gasteiger partial charge in [-0.3, -0.25) is 4.90 Å². The first-order valence-corrected chi connectivity index (χ1v) is 7.98. The molecule has 1 aliphatic rings. The fraction of sp³-hybridized carbons (Fsp3) is 0.812. The van der Waals surface area contributed by atoms with Crippen molar-refractivity contribution in [2.75, 3.05) is 20.1 Å². The van der Waals surface area contributed by atoms with E-state index in [-0.39, 0.29) is 0 Å². The van der Waals surface area contributed by atoms with E-state index in [1.165, 1.54) is 25.1 Å². The van der Waals surface area contributed by atoms with Gasteiger partial charge in [-0.2, -0.15) is 0 Å². The van der Waals surface area contributed by atoms with Crippen molar-refractivity contribution < 1.29 is 0 Å². The van der Waals surface area contributed by atoms with Crippen LogP contribution < -0.4 is 5.32 Å². The Hall–Kier alpha value is -0.870. The Morgan fingerprint density at radius 2 is 2.05 bits per heavy atom. The molecule has 1 aromatic rings. The van der Waals surface area contributed by atoms with Gasteiger partial charge < -0.3 is 9.88 Å². The molecule has 2 unspecified atom stereocenters. The summed E-state index contributed by atoms with van der Waals surface area (Å²) < 4.78 is 2.34. The van der Waals surface area contributed by atoms with Gasteiger partial charge >= 0.3 is 0 Å². The molecule has 0 aliphatic carbocycles. The van der Waals surface area contributed by atoms with Crippen LogP contribution in [0.5, 0.6) is 0 Å². The van der Waals surface area contributed by atoms with Crippen LogP contribution in [0.25, 0.3) is 0 Å². The molecule has 0 aromatic carbocycles. The summed E-state index contributed by atoms with van der Waals surface area (Å²) in [6.07, 6.45) is 6.67. The lowest BCUT2D eigenvalue weighted by Gasteiger charge is -2.44. The Morgan fingerprint density at radius 3 is 2.65 bits per heavy atom. The van der Waals surface area contributed by atoms with Crippen molar-refractivity contribution in [3.8, 4) is 0 Å². The molecule has 0 radical (unpaired) electrons. The second-order valence-corrected chi connectivity index (χ2v) is 6.56. The fourth-order valence-corrected chi connectivity index (χ4v) is 3.55. The average molecular weight is 278 g/mol. The van der Waals surface area contributed by atoms with Crippen molar-refractivity contribution in [2.24, 2.45) is 5.92 Å². The molecule has 0 bridgehead atoms. The Labute approximate surface area is 123 Å². The predicted octanol–water partition coefficient (Wildman–Crippen LogP) is 2.84. The zero-order valence-electron chi connectivity index (χ0n) is 13.6. The van der Waals surface area contributed by atoms with Crippen molar-refractivity contribution in [2.45, 2.75) is 58.7 Å². The van der Waals surface area contributed by atoms with Gasteiger partial charge in [0.1, 0.15) is 0 Å². The third-order valence-electron chi connectivity index (χ3n) is 4.48. The van der Waals surface area contributed by atoms with E-state index in [1.54, 1.807) is 0 Å². The lowest BCUT2D eigenvalue weighted by atomic mass is 9.86. The molecule has 2 heterocycles. The first kappa shape index (κ1) is 15.5. The first-order valence-electron chi connectivity index (χ1n) is 7.98. The fourth-order valence-electron chi connectivity index (χ4n) is 3.55. The van der Waals surface area contributed by atoms with E-state index in [9.17, 15) is 0 Å². The molecule has 1 N–H and O–H groups in total. The second-order valence-electron chi connectivity index (χ2n) is 6.56. The van der Waals surface area contributed by atoms with E-state index in [0.717, 1.165) is 6.54 Å². The summed E-state index contributed by atoms with van der Waals surface area (Å²) in [5.74, 6) is 0.672. The molecule has 0 amide bonds. The van der Waals surface area contributed by atoms with Gasteiger partial charge in [-0.1, -0.05) is 0 Å². The molecule has 1 fully saturated rings. The Morgan fingerprint density at radius 1 is 1.30 bits per heavy atom. The maximum absolute atomic E-state index is 4.42. The van der Waals surface area contributed by atoms with Gasteiger partial charge in [0, 0.05) is 18.3 Å². The van der Waals surface area contributed by atoms with Crippen LogP contribution in [-0.4, -0.2) is 40.6 Å². The summed E-state index contributed by atoms with van der Waals surface area (Å²) >= 11 is 0. The topological polar surface area (TPSA) is 33.1 Å². The van der Waals surface area contributed by atoms with E-state index in [2.05, 4.69) is 60.7 Å². The zero-order valence-corrected chi connectivity index (χ0v) is 13.6. The van der Waals surface area contributed by atoms with E-state index >= 15 is 0 Å². The normalized spacial score (nSPS) is 24.8. The van der Waals surface area contributed by atoms with Crippen molar-refractivity contribution in [1.29, 1.82) is 0 Å². The van der Waals surface area contributed by atoms with Crippen molar-refractivity contribution in [1.82, 2.24) is 19.8 Å². The number of hydrogen-bond donors (Lipinski definition) is 1. The molecule has 4 heteroatoms. The van der Waals surface area contributed by atoms with Crippen LogP contribution in [0.4, 0.5) is 0 Å². The lowest BCUT2D eigenvalue weighted by Crippen LogP contribution is -2.46. The summed E-state index contributed by atoms with van der Waals surface area (Å²) in [5, 5.41) is 3.38. The molecule has 4 nitrogen and oxygen atoms in total. The molecule has 1 aliphatic heterocycles. The number of rotatable bonds is 5. The Balaban J connectivity index is 2.35. The van der Waals surface area contributed by atoms with Gasteiger partial charge in [-0.05, 0) is 66.6 Å². The molecule has 1 saturated heterocycles. The SMILES string of the molecule is CNCC1CCCN(C(C)C)C1c1cncn1C(C)C. The third kappa shape index (κ3) is 3.07. The minimum Gasteiger partial charge on any atom is -0.331 e. The highest BCUT2D eigenvalue weighted by Gasteiger charge is 2.35. The molecular formula is C16H30N4. The highest BCUT2D eigenvalue weighted by atomic mass is 15.2. The summed E-state index contributed by atoms with van der Waals surface area (Å²) in [6.45, 7) is 11.4. The number of likely N-dealkylation sites (tertiary alicyclic amines) is 1. The molecule has 1 aromatic heterocycles. The van der Waals surface area contributed by atoms with Crippen LogP contribution in [0.2, 0.25) is 0 Å². The highest BCUT2D eigenvalue weighted by Crippen LogP contribution is 2.37. The highest BCUT2D eigenvalue weighted by molar-refractivity contribution is 5.11. The molecule has 114 valence electrons. The number of aromatic nitrogens is 2. The predicted molar refractivity (Wildman–Crippen MR) is 83.8 cm³/mol. The minimum atomic E-state index is 0.471. The van der Waals surface area contributed by atoms with Crippen LogP contribution in [0, 0.1) is 5.92 Å². The van der Waals surface area contributed by atoms with Crippen molar-refractivity contribution >= 4 is 0 Å². The minimum absolute atomic E-state index is 0.471. The second kappa shape index (κ2) is 6.72. The van der Waals surface area contributed by atoms with Crippen LogP contribution in [-0.2, 0) is 0 Å². The molecule has 20 heavy (non-hydrogen) atoms. The van der Waals surface area contributed by atoms with Gasteiger partial charge in [-0.15, -0.1) is 0 Å². The molecule has 2 rings (SSSR count). The monoisotopic (exact) mass is 278 g/mol. The molecule has 0 spiro atoms. The molecule has 2 atom stereocenters.